The van der Waals surface area contributed by atoms with E-state index in [1.54, 1.807) is 30.3 Å². The maximum Gasteiger partial charge on any atom is 0.468 e. The van der Waals surface area contributed by atoms with Crippen LogP contribution < -0.4 is 0 Å². The van der Waals surface area contributed by atoms with E-state index >= 15 is 0 Å². The van der Waals surface area contributed by atoms with Crippen molar-refractivity contribution in [1.29, 1.82) is 0 Å². The lowest BCUT2D eigenvalue weighted by Gasteiger charge is -2.41. The summed E-state index contributed by atoms with van der Waals surface area (Å²) in [6.45, 7) is 1.52. The van der Waals surface area contributed by atoms with Crippen molar-refractivity contribution in [1.82, 2.24) is 0 Å². The molecule has 32 heavy (non-hydrogen) atoms. The predicted molar refractivity (Wildman–Crippen MR) is 109 cm³/mol. The van der Waals surface area contributed by atoms with E-state index in [-0.39, 0.29) is 12.3 Å². The molecule has 11 heteroatoms. The van der Waals surface area contributed by atoms with Crippen molar-refractivity contribution in [3.8, 4) is 0 Å². The van der Waals surface area contributed by atoms with Gasteiger partial charge < -0.3 is 19.3 Å². The van der Waals surface area contributed by atoms with Crippen LogP contribution in [-0.2, 0) is 20.8 Å². The molecule has 5 atom stereocenters. The topological polar surface area (TPSA) is 109 Å². The number of nitrogens with zero attached hydrogens (tertiary/aromatic N) is 4. The second-order valence-corrected chi connectivity index (χ2v) is 7.03. The number of para-hydroxylation sites is 1. The number of halogens is 3. The standard InChI is InChI=1S/C21H21F3N4O4/c1-13-16(27-28-25)18(30-12-14-8-4-2-5-9-14)17(29)19(31-13)32-20(21(22,23)24)26-15-10-6-3-7-11-15/h2-11,13,16-19,29H,12H2,1H3/t13-,16?,17+,18+,19-/m1/s1. The van der Waals surface area contributed by atoms with E-state index in [2.05, 4.69) is 15.0 Å². The minimum atomic E-state index is -4.94. The molecule has 8 nitrogen and oxygen atoms in total. The summed E-state index contributed by atoms with van der Waals surface area (Å²) in [6, 6.07) is 15.4. The van der Waals surface area contributed by atoms with E-state index < -0.39 is 42.7 Å². The Hall–Kier alpha value is -3.11. The van der Waals surface area contributed by atoms with Crippen molar-refractivity contribution in [3.05, 3.63) is 76.7 Å². The van der Waals surface area contributed by atoms with Crippen molar-refractivity contribution in [3.63, 3.8) is 0 Å². The number of hydrogen-bond acceptors (Lipinski definition) is 6. The van der Waals surface area contributed by atoms with Gasteiger partial charge in [-0.05, 0) is 30.2 Å². The van der Waals surface area contributed by atoms with Gasteiger partial charge in [0, 0.05) is 4.91 Å². The molecule has 0 bridgehead atoms. The van der Waals surface area contributed by atoms with E-state index in [0.29, 0.717) is 0 Å². The second kappa shape index (κ2) is 10.5. The van der Waals surface area contributed by atoms with E-state index in [1.807, 2.05) is 6.07 Å². The Bertz CT molecular complexity index is 953. The van der Waals surface area contributed by atoms with E-state index in [4.69, 9.17) is 19.7 Å². The molecule has 2 aromatic carbocycles. The highest BCUT2D eigenvalue weighted by atomic mass is 19.4. The Balaban J connectivity index is 1.83. The first-order valence-corrected chi connectivity index (χ1v) is 9.70. The van der Waals surface area contributed by atoms with Crippen molar-refractivity contribution in [2.45, 2.75) is 50.4 Å². The number of aliphatic hydroxyl groups is 1. The number of ether oxygens (including phenoxy) is 3. The Morgan fingerprint density at radius 2 is 1.75 bits per heavy atom. The molecule has 0 aromatic heterocycles. The highest BCUT2D eigenvalue weighted by molar-refractivity contribution is 5.84. The van der Waals surface area contributed by atoms with Gasteiger partial charge in [0.25, 0.3) is 5.90 Å². The van der Waals surface area contributed by atoms with Gasteiger partial charge in [0.2, 0.25) is 6.29 Å². The Morgan fingerprint density at radius 1 is 1.12 bits per heavy atom. The zero-order valence-corrected chi connectivity index (χ0v) is 17.0. The molecule has 3 rings (SSSR count). The molecule has 0 spiro atoms. The van der Waals surface area contributed by atoms with Gasteiger partial charge in [-0.25, -0.2) is 4.99 Å². The average Bonchev–Trinajstić information content (AvgIpc) is 2.77. The maximum atomic E-state index is 13.6. The van der Waals surface area contributed by atoms with Crippen LogP contribution in [0, 0.1) is 0 Å². The molecule has 1 fully saturated rings. The van der Waals surface area contributed by atoms with Gasteiger partial charge in [-0.3, -0.25) is 0 Å². The molecule has 0 aliphatic carbocycles. The lowest BCUT2D eigenvalue weighted by Crippen LogP contribution is -2.58. The minimum Gasteiger partial charge on any atom is -0.441 e. The van der Waals surface area contributed by atoms with Gasteiger partial charge in [-0.2, -0.15) is 13.2 Å². The molecular weight excluding hydrogens is 429 g/mol. The van der Waals surface area contributed by atoms with Gasteiger partial charge in [-0.1, -0.05) is 53.6 Å². The van der Waals surface area contributed by atoms with Crippen LogP contribution in [0.15, 0.2) is 70.8 Å². The lowest BCUT2D eigenvalue weighted by molar-refractivity contribution is -0.259. The lowest BCUT2D eigenvalue weighted by atomic mass is 9.97. The quantitative estimate of drug-likeness (QED) is 0.227. The zero-order valence-electron chi connectivity index (χ0n) is 17.0. The van der Waals surface area contributed by atoms with Gasteiger partial charge in [0.05, 0.1) is 24.4 Å². The number of hydrogen-bond donors (Lipinski definition) is 1. The Kier molecular flexibility index (Phi) is 7.70. The minimum absolute atomic E-state index is 0.0157. The van der Waals surface area contributed by atoms with Crippen LogP contribution in [0.3, 0.4) is 0 Å². The zero-order chi connectivity index (χ0) is 23.1. The van der Waals surface area contributed by atoms with Crippen LogP contribution in [0.25, 0.3) is 10.4 Å². The van der Waals surface area contributed by atoms with Crippen molar-refractivity contribution < 1.29 is 32.5 Å². The van der Waals surface area contributed by atoms with Crippen LogP contribution in [0.5, 0.6) is 0 Å². The molecule has 170 valence electrons. The molecular formula is C21H21F3N4O4. The van der Waals surface area contributed by atoms with Gasteiger partial charge >= 0.3 is 6.18 Å². The molecule has 2 aromatic rings. The Labute approximate surface area is 181 Å². The molecule has 1 N–H and O–H groups in total. The van der Waals surface area contributed by atoms with Gasteiger partial charge in [0.1, 0.15) is 12.2 Å². The average molecular weight is 450 g/mol. The molecule has 0 radical (unpaired) electrons. The summed E-state index contributed by atoms with van der Waals surface area (Å²) in [5.41, 5.74) is 9.65. The number of rotatable bonds is 6. The van der Waals surface area contributed by atoms with Crippen LogP contribution in [-0.4, -0.2) is 47.8 Å². The molecule has 1 unspecified atom stereocenters. The fourth-order valence-corrected chi connectivity index (χ4v) is 3.16. The second-order valence-electron chi connectivity index (χ2n) is 7.03. The van der Waals surface area contributed by atoms with E-state index in [9.17, 15) is 18.3 Å². The normalized spacial score (nSPS) is 26.3. The van der Waals surface area contributed by atoms with Gasteiger partial charge in [0.15, 0.2) is 0 Å². The summed E-state index contributed by atoms with van der Waals surface area (Å²) in [5, 5.41) is 14.3. The third-order valence-corrected chi connectivity index (χ3v) is 4.71. The molecule has 0 amide bonds. The number of aliphatic imine (C=N–C) groups is 1. The fourth-order valence-electron chi connectivity index (χ4n) is 3.16. The predicted octanol–water partition coefficient (Wildman–Crippen LogP) is 4.67. The summed E-state index contributed by atoms with van der Waals surface area (Å²) in [6.07, 6.45) is -10.4. The van der Waals surface area contributed by atoms with Crippen LogP contribution in [0.1, 0.15) is 12.5 Å². The largest absolute Gasteiger partial charge is 0.468 e. The summed E-state index contributed by atoms with van der Waals surface area (Å²) < 4.78 is 56.8. The summed E-state index contributed by atoms with van der Waals surface area (Å²) in [5.74, 6) is -1.58. The highest BCUT2D eigenvalue weighted by Gasteiger charge is 2.48. The van der Waals surface area contributed by atoms with Crippen LogP contribution >= 0.6 is 0 Å². The summed E-state index contributed by atoms with van der Waals surface area (Å²) in [7, 11) is 0. The maximum absolute atomic E-state index is 13.6. The number of azide groups is 1. The van der Waals surface area contributed by atoms with Crippen molar-refractivity contribution in [2.75, 3.05) is 0 Å². The molecule has 1 aliphatic heterocycles. The summed E-state index contributed by atoms with van der Waals surface area (Å²) >= 11 is 0. The van der Waals surface area contributed by atoms with Crippen molar-refractivity contribution in [2.24, 2.45) is 10.1 Å². The molecule has 1 saturated heterocycles. The van der Waals surface area contributed by atoms with E-state index in [1.165, 1.54) is 31.2 Å². The van der Waals surface area contributed by atoms with E-state index in [0.717, 1.165) is 5.56 Å². The molecule has 0 saturated carbocycles. The van der Waals surface area contributed by atoms with Gasteiger partial charge in [-0.15, -0.1) is 0 Å². The first-order valence-electron chi connectivity index (χ1n) is 9.70. The smallest absolute Gasteiger partial charge is 0.441 e. The molecule has 1 heterocycles. The number of alkyl halides is 3. The Morgan fingerprint density at radius 3 is 2.34 bits per heavy atom. The third kappa shape index (κ3) is 5.98. The summed E-state index contributed by atoms with van der Waals surface area (Å²) in [4.78, 5) is 6.25. The molecule has 1 aliphatic rings. The SMILES string of the molecule is C[C@H]1O[C@H](OC(=Nc2ccccc2)C(F)(F)F)[C@@H](O)[C@@H](OCc2ccccc2)C1N=[N+]=[N-]. The number of benzene rings is 2. The van der Waals surface area contributed by atoms with Crippen LogP contribution in [0.2, 0.25) is 0 Å². The van der Waals surface area contributed by atoms with Crippen LogP contribution in [0.4, 0.5) is 18.9 Å². The number of aliphatic hydroxyl groups excluding tert-OH is 1. The first kappa shape index (κ1) is 23.6. The first-order chi connectivity index (χ1) is 15.3. The van der Waals surface area contributed by atoms with Crippen molar-refractivity contribution >= 4 is 11.6 Å². The monoisotopic (exact) mass is 450 g/mol. The third-order valence-electron chi connectivity index (χ3n) is 4.71. The fraction of sp³-hybridized carbons (Fsp3) is 0.381. The highest BCUT2D eigenvalue weighted by Crippen LogP contribution is 2.30.